The summed E-state index contributed by atoms with van der Waals surface area (Å²) >= 11 is 0. The van der Waals surface area contributed by atoms with Crippen molar-refractivity contribution in [3.63, 3.8) is 0 Å². The Bertz CT molecular complexity index is 1500. The number of nitrogens with zero attached hydrogens (tertiary/aromatic N) is 4. The number of halogens is 4. The zero-order valence-electron chi connectivity index (χ0n) is 21.8. The first-order valence-corrected chi connectivity index (χ1v) is 12.6. The zero-order chi connectivity index (χ0) is 28.4. The molecule has 0 unspecified atom stereocenters. The number of rotatable bonds is 8. The number of ether oxygens (including phenoxy) is 1. The Morgan fingerprint density at radius 3 is 2.73 bits per heavy atom. The second-order valence-electron chi connectivity index (χ2n) is 9.70. The van der Waals surface area contributed by atoms with Crippen molar-refractivity contribution in [2.45, 2.75) is 37.9 Å². The van der Waals surface area contributed by atoms with Gasteiger partial charge >= 0.3 is 6.18 Å². The van der Waals surface area contributed by atoms with Gasteiger partial charge in [-0.15, -0.1) is 10.2 Å². The summed E-state index contributed by atoms with van der Waals surface area (Å²) < 4.78 is 67.4. The van der Waals surface area contributed by atoms with Crippen molar-refractivity contribution in [3.05, 3.63) is 60.0 Å². The molecular weight excluding hydrogens is 532 g/mol. The van der Waals surface area contributed by atoms with Gasteiger partial charge in [-0.3, -0.25) is 4.79 Å². The maximum Gasteiger partial charge on any atom is 0.406 e. The van der Waals surface area contributed by atoms with E-state index in [1.165, 1.54) is 13.2 Å². The van der Waals surface area contributed by atoms with Gasteiger partial charge in [-0.1, -0.05) is 12.1 Å². The predicted octanol–water partition coefficient (Wildman–Crippen LogP) is 4.65. The lowest BCUT2D eigenvalue weighted by atomic mass is 10.0. The molecule has 3 heterocycles. The first-order valence-electron chi connectivity index (χ1n) is 12.6. The number of amides is 1. The van der Waals surface area contributed by atoms with E-state index in [2.05, 4.69) is 20.8 Å². The Labute approximate surface area is 227 Å². The summed E-state index contributed by atoms with van der Waals surface area (Å²) in [6, 6.07) is 12.5. The number of piperidine rings is 1. The van der Waals surface area contributed by atoms with Gasteiger partial charge in [-0.05, 0) is 49.9 Å². The normalized spacial score (nSPS) is 18.1. The third kappa shape index (κ3) is 6.03. The second kappa shape index (κ2) is 11.2. The molecule has 2 aromatic carbocycles. The molecule has 0 spiro atoms. The van der Waals surface area contributed by atoms with Crippen molar-refractivity contribution in [2.24, 2.45) is 0 Å². The summed E-state index contributed by atoms with van der Waals surface area (Å²) in [5.74, 6) is -0.0303. The molecule has 40 heavy (non-hydrogen) atoms. The van der Waals surface area contributed by atoms with Gasteiger partial charge in [0.25, 0.3) is 11.8 Å². The standard InChI is InChI=1S/C27H28F4N6O3/c1-36-10-9-21(19(28)14-36)33-20-7-4-8-22-18(20)12-23(37(22)15-27(29,30)31)26-35-34-24(40-26)13-32-25(38)16-5-3-6-17(11-16)39-2/h3-8,11-12,19,21,33H,9-10,13-15H2,1-2H3,(H,32,38)/t19-,21+/m1/s1. The molecule has 0 bridgehead atoms. The third-order valence-electron chi connectivity index (χ3n) is 6.79. The number of hydrogen-bond donors (Lipinski definition) is 2. The van der Waals surface area contributed by atoms with Crippen LogP contribution in [0.4, 0.5) is 23.2 Å². The fourth-order valence-electron chi connectivity index (χ4n) is 4.81. The number of benzene rings is 2. The molecular formula is C27H28F4N6O3. The number of nitrogens with one attached hydrogen (secondary N) is 2. The Hall–Kier alpha value is -4.13. The summed E-state index contributed by atoms with van der Waals surface area (Å²) in [4.78, 5) is 14.4. The summed E-state index contributed by atoms with van der Waals surface area (Å²) in [6.45, 7) is -0.455. The number of carbonyl (C=O) groups excluding carboxylic acids is 1. The molecule has 13 heteroatoms. The van der Waals surface area contributed by atoms with E-state index < -0.39 is 30.8 Å². The first-order chi connectivity index (χ1) is 19.1. The minimum atomic E-state index is -4.53. The summed E-state index contributed by atoms with van der Waals surface area (Å²) in [7, 11) is 3.33. The van der Waals surface area contributed by atoms with Gasteiger partial charge in [-0.25, -0.2) is 4.39 Å². The van der Waals surface area contributed by atoms with Crippen LogP contribution in [0, 0.1) is 0 Å². The van der Waals surface area contributed by atoms with E-state index in [4.69, 9.17) is 9.15 Å². The Balaban J connectivity index is 1.41. The van der Waals surface area contributed by atoms with E-state index in [1.54, 1.807) is 42.5 Å². The molecule has 4 aromatic rings. The topological polar surface area (TPSA) is 97.5 Å². The summed E-state index contributed by atoms with van der Waals surface area (Å²) in [5.41, 5.74) is 1.21. The van der Waals surface area contributed by atoms with Crippen LogP contribution < -0.4 is 15.4 Å². The number of hydrogen-bond acceptors (Lipinski definition) is 7. The largest absolute Gasteiger partial charge is 0.497 e. The lowest BCUT2D eigenvalue weighted by molar-refractivity contribution is -0.139. The monoisotopic (exact) mass is 560 g/mol. The number of methoxy groups -OCH3 is 1. The van der Waals surface area contributed by atoms with Crippen LogP contribution in [-0.4, -0.2) is 71.2 Å². The molecule has 212 valence electrons. The zero-order valence-corrected chi connectivity index (χ0v) is 21.8. The molecule has 1 aliphatic rings. The highest BCUT2D eigenvalue weighted by atomic mass is 19.4. The van der Waals surface area contributed by atoms with Crippen molar-refractivity contribution in [2.75, 3.05) is 32.6 Å². The van der Waals surface area contributed by atoms with E-state index in [1.807, 2.05) is 11.9 Å². The van der Waals surface area contributed by atoms with Crippen LogP contribution in [0.25, 0.3) is 22.5 Å². The van der Waals surface area contributed by atoms with Crippen molar-refractivity contribution >= 4 is 22.5 Å². The third-order valence-corrected chi connectivity index (χ3v) is 6.79. The lowest BCUT2D eigenvalue weighted by Gasteiger charge is -2.33. The van der Waals surface area contributed by atoms with E-state index in [0.29, 0.717) is 35.4 Å². The summed E-state index contributed by atoms with van der Waals surface area (Å²) in [6.07, 6.45) is -5.11. The molecule has 2 aromatic heterocycles. The minimum absolute atomic E-state index is 0.0139. The average molecular weight is 561 g/mol. The van der Waals surface area contributed by atoms with E-state index in [-0.39, 0.29) is 36.1 Å². The fourth-order valence-corrected chi connectivity index (χ4v) is 4.81. The molecule has 1 aliphatic heterocycles. The van der Waals surface area contributed by atoms with Gasteiger partial charge in [0.2, 0.25) is 5.89 Å². The SMILES string of the molecule is COc1cccc(C(=O)NCc2nnc(-c3cc4c(N[C@H]5CCN(C)C[C@H]5F)cccc4n3CC(F)(F)F)o2)c1. The predicted molar refractivity (Wildman–Crippen MR) is 140 cm³/mol. The highest BCUT2D eigenvalue weighted by Gasteiger charge is 2.32. The van der Waals surface area contributed by atoms with Crippen LogP contribution in [0.2, 0.25) is 0 Å². The van der Waals surface area contributed by atoms with Crippen LogP contribution >= 0.6 is 0 Å². The fraction of sp³-hybridized carbons (Fsp3) is 0.370. The van der Waals surface area contributed by atoms with Crippen molar-refractivity contribution in [3.8, 4) is 17.3 Å². The van der Waals surface area contributed by atoms with Gasteiger partial charge < -0.3 is 29.3 Å². The molecule has 9 nitrogen and oxygen atoms in total. The molecule has 1 amide bonds. The van der Waals surface area contributed by atoms with Gasteiger partial charge in [0, 0.05) is 29.7 Å². The highest BCUT2D eigenvalue weighted by Crippen LogP contribution is 2.35. The van der Waals surface area contributed by atoms with Crippen LogP contribution in [0.3, 0.4) is 0 Å². The Morgan fingerprint density at radius 1 is 1.18 bits per heavy atom. The number of fused-ring (bicyclic) bond motifs is 1. The van der Waals surface area contributed by atoms with Gasteiger partial charge in [0.1, 0.15) is 24.2 Å². The number of carbonyl (C=O) groups is 1. The lowest BCUT2D eigenvalue weighted by Crippen LogP contribution is -2.46. The van der Waals surface area contributed by atoms with Crippen LogP contribution in [0.5, 0.6) is 5.75 Å². The smallest absolute Gasteiger partial charge is 0.406 e. The van der Waals surface area contributed by atoms with Crippen molar-refractivity contribution < 1.29 is 31.5 Å². The minimum Gasteiger partial charge on any atom is -0.497 e. The first kappa shape index (κ1) is 27.4. The van der Waals surface area contributed by atoms with E-state index >= 15 is 0 Å². The van der Waals surface area contributed by atoms with E-state index in [0.717, 1.165) is 4.57 Å². The van der Waals surface area contributed by atoms with Crippen LogP contribution in [-0.2, 0) is 13.1 Å². The Morgan fingerprint density at radius 2 is 1.98 bits per heavy atom. The molecule has 0 saturated carbocycles. The van der Waals surface area contributed by atoms with Gasteiger partial charge in [0.05, 0.1) is 25.2 Å². The summed E-state index contributed by atoms with van der Waals surface area (Å²) in [5, 5.41) is 14.2. The molecule has 1 saturated heterocycles. The van der Waals surface area contributed by atoms with Crippen LogP contribution in [0.1, 0.15) is 22.7 Å². The number of alkyl halides is 4. The van der Waals surface area contributed by atoms with Crippen LogP contribution in [0.15, 0.2) is 52.9 Å². The molecule has 5 rings (SSSR count). The molecule has 2 atom stereocenters. The molecule has 2 N–H and O–H groups in total. The van der Waals surface area contributed by atoms with Gasteiger partial charge in [-0.2, -0.15) is 13.2 Å². The number of anilines is 1. The van der Waals surface area contributed by atoms with Crippen molar-refractivity contribution in [1.82, 2.24) is 25.0 Å². The molecule has 0 radical (unpaired) electrons. The van der Waals surface area contributed by atoms with E-state index in [9.17, 15) is 22.4 Å². The Kier molecular flexibility index (Phi) is 7.66. The number of aromatic nitrogens is 3. The van der Waals surface area contributed by atoms with Crippen molar-refractivity contribution in [1.29, 1.82) is 0 Å². The number of likely N-dealkylation sites (tertiary alicyclic amines) is 1. The quantitative estimate of drug-likeness (QED) is 0.303. The maximum atomic E-state index is 14.7. The highest BCUT2D eigenvalue weighted by molar-refractivity contribution is 5.96. The van der Waals surface area contributed by atoms with Gasteiger partial charge in [0.15, 0.2) is 0 Å². The second-order valence-corrected chi connectivity index (χ2v) is 9.70. The molecule has 0 aliphatic carbocycles. The molecule has 1 fully saturated rings. The average Bonchev–Trinajstić information content (AvgIpc) is 3.53. The maximum absolute atomic E-state index is 14.7.